The highest BCUT2D eigenvalue weighted by Crippen LogP contribution is 2.42. The largest absolute Gasteiger partial charge is 0.326 e. The minimum absolute atomic E-state index is 0.958. The zero-order chi connectivity index (χ0) is 38.4. The van der Waals surface area contributed by atoms with Gasteiger partial charge in [0, 0.05) is 56.8 Å². The molecule has 0 bridgehead atoms. The summed E-state index contributed by atoms with van der Waals surface area (Å²) >= 11 is 0. The first-order valence-electron chi connectivity index (χ1n) is 21.0. The van der Waals surface area contributed by atoms with Crippen LogP contribution in [0.2, 0.25) is 0 Å². The van der Waals surface area contributed by atoms with Crippen LogP contribution >= 0.6 is 0 Å². The number of fused-ring (bicyclic) bond motifs is 10. The molecule has 4 heterocycles. The minimum Gasteiger partial charge on any atom is -0.326 e. The molecule has 0 aliphatic rings. The summed E-state index contributed by atoms with van der Waals surface area (Å²) in [6.07, 6.45) is 6.69. The van der Waals surface area contributed by atoms with Gasteiger partial charge in [0.2, 0.25) is 0 Å². The van der Waals surface area contributed by atoms with Crippen molar-refractivity contribution in [1.82, 2.24) is 18.3 Å². The van der Waals surface area contributed by atoms with Gasteiger partial charge >= 0.3 is 0 Å². The van der Waals surface area contributed by atoms with Crippen LogP contribution in [0.4, 0.5) is 0 Å². The van der Waals surface area contributed by atoms with Gasteiger partial charge < -0.3 is 9.13 Å². The van der Waals surface area contributed by atoms with Crippen LogP contribution < -0.4 is 0 Å². The number of rotatable bonds is 12. The lowest BCUT2D eigenvalue weighted by Gasteiger charge is -2.16. The Morgan fingerprint density at radius 2 is 0.672 bits per heavy atom. The van der Waals surface area contributed by atoms with E-state index in [1.165, 1.54) is 88.2 Å². The Bertz CT molecular complexity index is 3010. The standard InChI is InChI=1S/C54H46N4/c1-3-20-39(21-4-1)24-15-17-36-55-47-32-11-7-28-43(47)51-45-30-9-13-34-49(45)57(53(51)55)41-26-19-27-42(38-41)58-50-35-14-10-31-46(50)52-44-29-8-12-33-48(44)56(54(52)58)37-18-16-25-40-22-5-2-6-23-40/h1-14,19-23,26-35,38H,15-18,24-25,36-37H2. The third kappa shape index (κ3) is 5.74. The summed E-state index contributed by atoms with van der Waals surface area (Å²) < 4.78 is 10.3. The van der Waals surface area contributed by atoms with Crippen molar-refractivity contribution in [2.75, 3.05) is 0 Å². The van der Waals surface area contributed by atoms with Crippen molar-refractivity contribution >= 4 is 65.7 Å². The fourth-order valence-corrected chi connectivity index (χ4v) is 9.80. The number of nitrogens with zero attached hydrogens (tertiary/aromatic N) is 4. The Labute approximate surface area is 338 Å². The van der Waals surface area contributed by atoms with Crippen molar-refractivity contribution in [2.45, 2.75) is 51.6 Å². The van der Waals surface area contributed by atoms with Crippen molar-refractivity contribution in [1.29, 1.82) is 0 Å². The van der Waals surface area contributed by atoms with Crippen LogP contribution in [0.1, 0.15) is 36.8 Å². The number of hydrogen-bond acceptors (Lipinski definition) is 0. The van der Waals surface area contributed by atoms with E-state index in [0.29, 0.717) is 0 Å². The summed E-state index contributed by atoms with van der Waals surface area (Å²) in [4.78, 5) is 0. The molecule has 0 amide bonds. The van der Waals surface area contributed by atoms with Gasteiger partial charge in [0.15, 0.2) is 0 Å². The van der Waals surface area contributed by atoms with Gasteiger partial charge in [-0.15, -0.1) is 0 Å². The smallest absolute Gasteiger partial charge is 0.126 e. The second-order valence-electron chi connectivity index (χ2n) is 15.8. The molecule has 0 saturated carbocycles. The van der Waals surface area contributed by atoms with Crippen molar-refractivity contribution in [3.63, 3.8) is 0 Å². The van der Waals surface area contributed by atoms with E-state index in [1.54, 1.807) is 0 Å². The minimum atomic E-state index is 0.958. The molecule has 58 heavy (non-hydrogen) atoms. The van der Waals surface area contributed by atoms with Crippen LogP contribution in [-0.2, 0) is 25.9 Å². The van der Waals surface area contributed by atoms with Gasteiger partial charge in [-0.1, -0.05) is 140 Å². The molecule has 7 aromatic carbocycles. The number of benzene rings is 7. The molecule has 11 rings (SSSR count). The van der Waals surface area contributed by atoms with E-state index in [1.807, 2.05) is 0 Å². The maximum Gasteiger partial charge on any atom is 0.126 e. The molecule has 4 heteroatoms. The normalized spacial score (nSPS) is 12.0. The van der Waals surface area contributed by atoms with Crippen LogP contribution in [0.5, 0.6) is 0 Å². The van der Waals surface area contributed by atoms with E-state index in [4.69, 9.17) is 0 Å². The molecule has 4 nitrogen and oxygen atoms in total. The number of unbranched alkanes of at least 4 members (excludes halogenated alkanes) is 2. The molecule has 4 aromatic heterocycles. The highest BCUT2D eigenvalue weighted by atomic mass is 15.2. The monoisotopic (exact) mass is 750 g/mol. The first kappa shape index (κ1) is 34.5. The Balaban J connectivity index is 1.07. The summed E-state index contributed by atoms with van der Waals surface area (Å²) in [6, 6.07) is 67.1. The van der Waals surface area contributed by atoms with Gasteiger partial charge in [0.25, 0.3) is 0 Å². The Kier molecular flexibility index (Phi) is 8.69. The van der Waals surface area contributed by atoms with Gasteiger partial charge in [-0.25, -0.2) is 0 Å². The second-order valence-corrected chi connectivity index (χ2v) is 15.8. The fraction of sp³-hybridized carbons (Fsp3) is 0.148. The average molecular weight is 751 g/mol. The van der Waals surface area contributed by atoms with Crippen molar-refractivity contribution in [2.24, 2.45) is 0 Å². The quantitative estimate of drug-likeness (QED) is 0.111. The number of para-hydroxylation sites is 4. The highest BCUT2D eigenvalue weighted by Gasteiger charge is 2.23. The molecule has 0 radical (unpaired) electrons. The predicted octanol–water partition coefficient (Wildman–Crippen LogP) is 13.8. The first-order chi connectivity index (χ1) is 28.8. The third-order valence-corrected chi connectivity index (χ3v) is 12.4. The van der Waals surface area contributed by atoms with Crippen LogP contribution in [0.15, 0.2) is 182 Å². The van der Waals surface area contributed by atoms with Crippen molar-refractivity contribution < 1.29 is 0 Å². The Hall–Kier alpha value is -6.78. The zero-order valence-electron chi connectivity index (χ0n) is 32.8. The molecule has 0 unspecified atom stereocenters. The molecule has 11 aromatic rings. The lowest BCUT2D eigenvalue weighted by atomic mass is 10.1. The molecule has 0 aliphatic carbocycles. The summed E-state index contributed by atoms with van der Waals surface area (Å²) in [5.74, 6) is 0. The van der Waals surface area contributed by atoms with Crippen LogP contribution in [0.3, 0.4) is 0 Å². The molecular formula is C54H46N4. The summed E-state index contributed by atoms with van der Waals surface area (Å²) in [7, 11) is 0. The van der Waals surface area contributed by atoms with E-state index < -0.39 is 0 Å². The second kappa shape index (κ2) is 14.6. The van der Waals surface area contributed by atoms with E-state index in [-0.39, 0.29) is 0 Å². The van der Waals surface area contributed by atoms with Gasteiger partial charge in [0.1, 0.15) is 11.3 Å². The lowest BCUT2D eigenvalue weighted by Crippen LogP contribution is -2.06. The van der Waals surface area contributed by atoms with E-state index in [0.717, 1.165) is 51.6 Å². The molecule has 0 N–H and O–H groups in total. The number of aromatic nitrogens is 4. The van der Waals surface area contributed by atoms with Gasteiger partial charge in [-0.05, 0) is 92.1 Å². The molecule has 0 spiro atoms. The van der Waals surface area contributed by atoms with Crippen LogP contribution in [0, 0.1) is 0 Å². The predicted molar refractivity (Wildman–Crippen MR) is 245 cm³/mol. The molecule has 0 saturated heterocycles. The van der Waals surface area contributed by atoms with Gasteiger partial charge in [-0.2, -0.15) is 0 Å². The molecular weight excluding hydrogens is 705 g/mol. The summed E-state index contributed by atoms with van der Waals surface area (Å²) in [6.45, 7) is 1.92. The van der Waals surface area contributed by atoms with Gasteiger partial charge in [0.05, 0.1) is 22.1 Å². The van der Waals surface area contributed by atoms with E-state index >= 15 is 0 Å². The zero-order valence-corrected chi connectivity index (χ0v) is 32.8. The first-order valence-corrected chi connectivity index (χ1v) is 21.0. The Morgan fingerprint density at radius 1 is 0.310 bits per heavy atom. The molecule has 0 aliphatic heterocycles. The fourth-order valence-electron chi connectivity index (χ4n) is 9.80. The summed E-state index contributed by atoms with van der Waals surface area (Å²) in [5.41, 5.74) is 12.8. The molecule has 0 atom stereocenters. The van der Waals surface area contributed by atoms with Gasteiger partial charge in [-0.3, -0.25) is 9.13 Å². The molecule has 0 fully saturated rings. The maximum atomic E-state index is 2.60. The van der Waals surface area contributed by atoms with Crippen molar-refractivity contribution in [3.8, 4) is 11.4 Å². The van der Waals surface area contributed by atoms with Crippen molar-refractivity contribution in [3.05, 3.63) is 193 Å². The maximum absolute atomic E-state index is 2.60. The topological polar surface area (TPSA) is 19.7 Å². The van der Waals surface area contributed by atoms with Crippen LogP contribution in [0.25, 0.3) is 77.1 Å². The number of aryl methyl sites for hydroxylation is 4. The highest BCUT2D eigenvalue weighted by molar-refractivity contribution is 6.23. The summed E-state index contributed by atoms with van der Waals surface area (Å²) in [5, 5.41) is 7.91. The third-order valence-electron chi connectivity index (χ3n) is 12.4. The lowest BCUT2D eigenvalue weighted by molar-refractivity contribution is 0.631. The van der Waals surface area contributed by atoms with E-state index in [2.05, 4.69) is 200 Å². The SMILES string of the molecule is c1ccc(CCCCn2c3ccccc3c3c4ccccc4n(-c4cccc(-n5c6ccccc6c6c7ccccc7n(CCCCc7ccccc7)c65)c4)c32)cc1. The van der Waals surface area contributed by atoms with Crippen LogP contribution in [-0.4, -0.2) is 18.3 Å². The Morgan fingerprint density at radius 3 is 1.10 bits per heavy atom. The van der Waals surface area contributed by atoms with E-state index in [9.17, 15) is 0 Å². The molecule has 282 valence electrons. The average Bonchev–Trinajstić information content (AvgIpc) is 4.00. The number of hydrogen-bond donors (Lipinski definition) is 0.